The van der Waals surface area contributed by atoms with Crippen LogP contribution in [0.1, 0.15) is 70.3 Å². The van der Waals surface area contributed by atoms with Crippen molar-refractivity contribution in [2.24, 2.45) is 35.0 Å². The van der Waals surface area contributed by atoms with Crippen LogP contribution in [-0.4, -0.2) is 111 Å². The summed E-state index contributed by atoms with van der Waals surface area (Å²) in [4.78, 5) is 38.3. The fourth-order valence-corrected chi connectivity index (χ4v) is 9.05. The molecule has 288 valence electrons. The molecular formula is C41H63N5O6. The van der Waals surface area contributed by atoms with Gasteiger partial charge in [0.1, 0.15) is 17.9 Å². The third-order valence-corrected chi connectivity index (χ3v) is 12.4. The quantitative estimate of drug-likeness (QED) is 0.225. The van der Waals surface area contributed by atoms with Gasteiger partial charge in [-0.25, -0.2) is 0 Å². The molecule has 1 aliphatic heterocycles. The second-order valence-corrected chi connectivity index (χ2v) is 17.0. The van der Waals surface area contributed by atoms with Crippen LogP contribution in [-0.2, 0) is 16.2 Å². The number of anilines is 1. The molecule has 2 aromatic carbocycles. The van der Waals surface area contributed by atoms with E-state index >= 15 is 0 Å². The van der Waals surface area contributed by atoms with Gasteiger partial charge in [-0.15, -0.1) is 0 Å². The van der Waals surface area contributed by atoms with Gasteiger partial charge in [0.2, 0.25) is 5.91 Å². The molecule has 9 atom stereocenters. The minimum atomic E-state index is -0.895. The number of likely N-dealkylation sites (N-methyl/N-ethyl adjacent to an activating group) is 1. The first-order valence-electron chi connectivity index (χ1n) is 18.9. The van der Waals surface area contributed by atoms with Gasteiger partial charge in [-0.2, -0.15) is 5.06 Å². The Morgan fingerprint density at radius 3 is 2.37 bits per heavy atom. The van der Waals surface area contributed by atoms with Crippen LogP contribution in [0.25, 0.3) is 11.1 Å². The number of aliphatic hydroxyl groups excluding tert-OH is 2. The monoisotopic (exact) mass is 721 g/mol. The number of ether oxygens (including phenoxy) is 1. The van der Waals surface area contributed by atoms with E-state index in [4.69, 9.17) is 9.57 Å². The maximum atomic E-state index is 14.2. The second-order valence-electron chi connectivity index (χ2n) is 17.0. The summed E-state index contributed by atoms with van der Waals surface area (Å²) in [6, 6.07) is 10.8. The highest BCUT2D eigenvalue weighted by atomic mass is 16.7. The molecular weight excluding hydrogens is 658 g/mol. The Morgan fingerprint density at radius 2 is 1.81 bits per heavy atom. The summed E-state index contributed by atoms with van der Waals surface area (Å²) >= 11 is 0. The minimum absolute atomic E-state index is 0.0236. The summed E-state index contributed by atoms with van der Waals surface area (Å²) < 4.78 is 6.08. The number of carbonyl (C=O) groups excluding carboxylic acids is 2. The Balaban J connectivity index is 1.45. The summed E-state index contributed by atoms with van der Waals surface area (Å²) in [6.45, 7) is 13.3. The fraction of sp³-hybridized carbons (Fsp3) is 0.659. The molecule has 4 fully saturated rings. The topological polar surface area (TPSA) is 127 Å². The van der Waals surface area contributed by atoms with Gasteiger partial charge in [0.15, 0.2) is 0 Å². The molecule has 11 heteroatoms. The number of amides is 2. The van der Waals surface area contributed by atoms with Crippen LogP contribution >= 0.6 is 0 Å². The number of rotatable bonds is 14. The summed E-state index contributed by atoms with van der Waals surface area (Å²) in [7, 11) is 9.51. The highest BCUT2D eigenvalue weighted by Gasteiger charge is 2.57. The first-order valence-corrected chi connectivity index (χ1v) is 18.9. The Bertz CT molecular complexity index is 1580. The van der Waals surface area contributed by atoms with E-state index in [1.165, 1.54) is 6.42 Å². The Hall–Kier alpha value is -3.22. The summed E-state index contributed by atoms with van der Waals surface area (Å²) in [5, 5.41) is 29.5. The van der Waals surface area contributed by atoms with E-state index in [0.29, 0.717) is 29.1 Å². The number of hydrogen-bond acceptors (Lipinski definition) is 9. The number of para-hydroxylation sites is 1. The zero-order valence-corrected chi connectivity index (χ0v) is 33.1. The lowest BCUT2D eigenvalue weighted by molar-refractivity contribution is -0.183. The van der Waals surface area contributed by atoms with E-state index in [1.54, 1.807) is 19.1 Å². The third kappa shape index (κ3) is 7.99. The summed E-state index contributed by atoms with van der Waals surface area (Å²) in [6.07, 6.45) is 0.494. The first-order chi connectivity index (χ1) is 24.5. The van der Waals surface area contributed by atoms with Crippen molar-refractivity contribution in [3.8, 4) is 16.9 Å². The van der Waals surface area contributed by atoms with Gasteiger partial charge in [-0.1, -0.05) is 52.8 Å². The first kappa shape index (κ1) is 40.0. The molecule has 4 aliphatic rings. The number of aliphatic hydroxyl groups is 2. The Kier molecular flexibility index (Phi) is 12.3. The molecule has 11 nitrogen and oxygen atoms in total. The highest BCUT2D eigenvalue weighted by Crippen LogP contribution is 2.61. The molecule has 4 N–H and O–H groups in total. The Labute approximate surface area is 311 Å². The number of nitrogens with one attached hydrogen (secondary N) is 2. The van der Waals surface area contributed by atoms with Crippen LogP contribution in [0.15, 0.2) is 36.4 Å². The number of benzene rings is 2. The van der Waals surface area contributed by atoms with Gasteiger partial charge in [0.05, 0.1) is 26.4 Å². The Morgan fingerprint density at radius 1 is 1.10 bits per heavy atom. The summed E-state index contributed by atoms with van der Waals surface area (Å²) in [5.74, 6) is 1.33. The van der Waals surface area contributed by atoms with Crippen molar-refractivity contribution in [1.82, 2.24) is 20.6 Å². The van der Waals surface area contributed by atoms with Crippen molar-refractivity contribution >= 4 is 17.5 Å². The van der Waals surface area contributed by atoms with Crippen molar-refractivity contribution in [3.63, 3.8) is 0 Å². The van der Waals surface area contributed by atoms with Crippen molar-refractivity contribution in [2.45, 2.75) is 91.3 Å². The van der Waals surface area contributed by atoms with E-state index in [2.05, 4.69) is 50.2 Å². The molecule has 1 saturated heterocycles. The van der Waals surface area contributed by atoms with Crippen LogP contribution in [0.3, 0.4) is 0 Å². The standard InChI is InChI=1S/C41H63N5O6/c1-23(2)34(21-44(7)8)43-39(49)28-15-27(16-30(17-28)45(9)10)31-14-12-13-26(38(31)51-11)20-46-37(36(25(4)48)35(22-47)52-46)40(50)42-33-19-29-18-32(24(33)3)41(29,5)6/h12-17,23-25,29,32-37,47-48H,18-22H2,1-11H3,(H,42,50)(H,43,49)/t24-,25-,29+,32+,33-,34+,35-,36-,37-/m0/s1. The van der Waals surface area contributed by atoms with E-state index in [-0.39, 0.29) is 48.4 Å². The average molecular weight is 722 g/mol. The van der Waals surface area contributed by atoms with E-state index in [9.17, 15) is 19.8 Å². The van der Waals surface area contributed by atoms with E-state index < -0.39 is 24.2 Å². The van der Waals surface area contributed by atoms with Crippen LogP contribution in [0.5, 0.6) is 5.75 Å². The smallest absolute Gasteiger partial charge is 0.251 e. The number of carbonyl (C=O) groups is 2. The molecule has 0 radical (unpaired) electrons. The van der Waals surface area contributed by atoms with Gasteiger partial charge in [0, 0.05) is 61.0 Å². The molecule has 52 heavy (non-hydrogen) atoms. The van der Waals surface area contributed by atoms with Crippen LogP contribution < -0.4 is 20.3 Å². The van der Waals surface area contributed by atoms with E-state index in [1.807, 2.05) is 69.5 Å². The zero-order chi connectivity index (χ0) is 38.2. The molecule has 2 amide bonds. The molecule has 1 heterocycles. The van der Waals surface area contributed by atoms with Gasteiger partial charge >= 0.3 is 0 Å². The van der Waals surface area contributed by atoms with E-state index in [0.717, 1.165) is 35.3 Å². The van der Waals surface area contributed by atoms with Gasteiger partial charge in [-0.05, 0) is 86.7 Å². The lowest BCUT2D eigenvalue weighted by Crippen LogP contribution is -2.62. The molecule has 3 aliphatic carbocycles. The van der Waals surface area contributed by atoms with Crippen molar-refractivity contribution in [3.05, 3.63) is 47.5 Å². The average Bonchev–Trinajstić information content (AvgIpc) is 3.46. The van der Waals surface area contributed by atoms with Gasteiger partial charge in [-0.3, -0.25) is 14.4 Å². The maximum Gasteiger partial charge on any atom is 0.251 e. The van der Waals surface area contributed by atoms with Crippen LogP contribution in [0.2, 0.25) is 0 Å². The molecule has 2 aromatic rings. The van der Waals surface area contributed by atoms with Crippen LogP contribution in [0.4, 0.5) is 5.69 Å². The van der Waals surface area contributed by atoms with Crippen molar-refractivity contribution in [1.29, 1.82) is 0 Å². The predicted molar refractivity (Wildman–Crippen MR) is 205 cm³/mol. The SMILES string of the molecule is COc1c(CN2O[C@@H](CO)[C@H]([C@H](C)O)[C@H]2C(=O)N[C@H]2C[C@H]3C[C@H]([C@@H]2C)C3(C)C)cccc1-c1cc(C(=O)N[C@H](CN(C)C)C(C)C)cc(N(C)C)c1. The fourth-order valence-electron chi connectivity index (χ4n) is 9.05. The lowest BCUT2D eigenvalue weighted by atomic mass is 9.45. The molecule has 6 rings (SSSR count). The predicted octanol–water partition coefficient (Wildman–Crippen LogP) is 4.40. The molecule has 0 aromatic heterocycles. The van der Waals surface area contributed by atoms with Gasteiger partial charge in [0.25, 0.3) is 5.91 Å². The number of methoxy groups -OCH3 is 1. The van der Waals surface area contributed by atoms with Gasteiger partial charge < -0.3 is 35.4 Å². The number of hydroxylamine groups is 2. The number of fused-ring (bicyclic) bond motifs is 2. The summed E-state index contributed by atoms with van der Waals surface area (Å²) in [5.41, 5.74) is 4.06. The zero-order valence-electron chi connectivity index (χ0n) is 33.1. The number of nitrogens with zero attached hydrogens (tertiary/aromatic N) is 3. The largest absolute Gasteiger partial charge is 0.496 e. The normalized spacial score (nSPS) is 27.9. The highest BCUT2D eigenvalue weighted by molar-refractivity contribution is 5.97. The van der Waals surface area contributed by atoms with Crippen molar-refractivity contribution in [2.75, 3.05) is 53.4 Å². The minimum Gasteiger partial charge on any atom is -0.496 e. The lowest BCUT2D eigenvalue weighted by Gasteiger charge is -2.62. The van der Waals surface area contributed by atoms with Crippen molar-refractivity contribution < 1.29 is 29.4 Å². The molecule has 0 unspecified atom stereocenters. The van der Waals surface area contributed by atoms with Crippen LogP contribution in [0, 0.1) is 35.0 Å². The second kappa shape index (κ2) is 16.0. The molecule has 2 bridgehead atoms. The number of hydrogen-bond donors (Lipinski definition) is 4. The molecule has 3 saturated carbocycles. The third-order valence-electron chi connectivity index (χ3n) is 12.4. The maximum absolute atomic E-state index is 14.2. The molecule has 0 spiro atoms.